The summed E-state index contributed by atoms with van der Waals surface area (Å²) < 4.78 is 29.0. The molecule has 0 amide bonds. The van der Waals surface area contributed by atoms with Crippen LogP contribution < -0.4 is 4.57 Å². The zero-order valence-corrected chi connectivity index (χ0v) is 15.0. The number of nitrogens with zero attached hydrogens (tertiary/aromatic N) is 1. The van der Waals surface area contributed by atoms with Crippen molar-refractivity contribution in [3.63, 3.8) is 0 Å². The number of thioether (sulfide) groups is 1. The van der Waals surface area contributed by atoms with Gasteiger partial charge in [0.15, 0.2) is 24.1 Å². The van der Waals surface area contributed by atoms with Crippen LogP contribution >= 0.6 is 19.6 Å². The molecule has 0 radical (unpaired) electrons. The minimum absolute atomic E-state index is 0. The second kappa shape index (κ2) is 10.2. The molecule has 1 saturated heterocycles. The number of rotatable bonds is 8. The fourth-order valence-electron chi connectivity index (χ4n) is 2.17. The Hall–Kier alpha value is -0.800. The van der Waals surface area contributed by atoms with Gasteiger partial charge in [0.1, 0.15) is 6.61 Å². The standard InChI is InChI=1S/C14H20NO6PS.H2O/c1-12(16)23-14-9-13(19-11-14)10-21-22(17,18)20-8-7-15-5-3-2-4-6-15;/h2-6,13-14H,7-11H2,1H3;1H2. The largest absolute Gasteiger partial charge is 0.870 e. The van der Waals surface area contributed by atoms with Gasteiger partial charge in [-0.1, -0.05) is 17.8 Å². The first-order valence-electron chi connectivity index (χ1n) is 7.29. The third-order valence-corrected chi connectivity index (χ3v) is 5.16. The highest BCUT2D eigenvalue weighted by atomic mass is 32.2. The maximum absolute atomic E-state index is 11.8. The van der Waals surface area contributed by atoms with Crippen LogP contribution in [0.1, 0.15) is 13.3 Å². The average Bonchev–Trinajstić information content (AvgIpc) is 2.93. The fourth-order valence-corrected chi connectivity index (χ4v) is 3.83. The van der Waals surface area contributed by atoms with Gasteiger partial charge in [-0.25, -0.2) is 9.13 Å². The molecule has 1 fully saturated rings. The fraction of sp³-hybridized carbons (Fsp3) is 0.571. The lowest BCUT2D eigenvalue weighted by molar-refractivity contribution is -0.697. The minimum atomic E-state index is -4.10. The molecule has 2 heterocycles. The van der Waals surface area contributed by atoms with Crippen molar-refractivity contribution >= 4 is 24.7 Å². The predicted octanol–water partition coefficient (Wildman–Crippen LogP) is 1.37. The number of phosphoric ester groups is 1. The van der Waals surface area contributed by atoms with Gasteiger partial charge >= 0.3 is 7.82 Å². The molecule has 8 nitrogen and oxygen atoms in total. The lowest BCUT2D eigenvalue weighted by Crippen LogP contribution is -2.34. The van der Waals surface area contributed by atoms with E-state index in [0.717, 1.165) is 0 Å². The number of hydrogen-bond acceptors (Lipinski definition) is 7. The van der Waals surface area contributed by atoms with Crippen LogP contribution in [0.5, 0.6) is 0 Å². The van der Waals surface area contributed by atoms with E-state index >= 15 is 0 Å². The molecule has 136 valence electrons. The van der Waals surface area contributed by atoms with Crippen molar-refractivity contribution < 1.29 is 38.1 Å². The number of aromatic nitrogens is 1. The Kier molecular flexibility index (Phi) is 9.07. The Bertz CT molecular complexity index is 559. The highest BCUT2D eigenvalue weighted by Crippen LogP contribution is 2.43. The van der Waals surface area contributed by atoms with Crippen LogP contribution in [-0.4, -0.2) is 46.7 Å². The quantitative estimate of drug-likeness (QED) is 0.532. The first kappa shape index (κ1) is 21.2. The van der Waals surface area contributed by atoms with Crippen LogP contribution in [0.25, 0.3) is 0 Å². The van der Waals surface area contributed by atoms with Crippen molar-refractivity contribution in [2.45, 2.75) is 31.2 Å². The lowest BCUT2D eigenvalue weighted by atomic mass is 10.2. The van der Waals surface area contributed by atoms with Gasteiger partial charge in [0.05, 0.1) is 19.3 Å². The maximum Gasteiger partial charge on any atom is 0.472 e. The molecular weight excluding hydrogens is 357 g/mol. The van der Waals surface area contributed by atoms with Crippen molar-refractivity contribution in [2.75, 3.05) is 19.8 Å². The second-order valence-electron chi connectivity index (χ2n) is 5.13. The van der Waals surface area contributed by atoms with E-state index in [9.17, 15) is 14.3 Å². The Morgan fingerprint density at radius 3 is 2.75 bits per heavy atom. The predicted molar refractivity (Wildman–Crippen MR) is 86.7 cm³/mol. The van der Waals surface area contributed by atoms with Crippen LogP contribution in [0, 0.1) is 0 Å². The third-order valence-electron chi connectivity index (χ3n) is 3.18. The molecule has 24 heavy (non-hydrogen) atoms. The van der Waals surface area contributed by atoms with E-state index in [-0.39, 0.29) is 35.2 Å². The van der Waals surface area contributed by atoms with Crippen LogP contribution in [0.15, 0.2) is 30.6 Å². The SMILES string of the molecule is CC(=O)SC1COC(COP(=O)(O)OCC[n+]2ccccc2)C1.[OH-]. The maximum atomic E-state index is 11.8. The first-order valence-corrected chi connectivity index (χ1v) is 9.67. The van der Waals surface area contributed by atoms with Crippen LogP contribution in [-0.2, 0) is 29.7 Å². The zero-order chi connectivity index (χ0) is 16.7. The van der Waals surface area contributed by atoms with Gasteiger partial charge in [0, 0.05) is 24.3 Å². The molecule has 3 unspecified atom stereocenters. The minimum Gasteiger partial charge on any atom is -0.870 e. The Morgan fingerprint density at radius 1 is 1.38 bits per heavy atom. The molecule has 2 rings (SSSR count). The normalized spacial score (nSPS) is 22.6. The van der Waals surface area contributed by atoms with Crippen molar-refractivity contribution in [2.24, 2.45) is 0 Å². The molecule has 1 aromatic heterocycles. The third kappa shape index (κ3) is 7.85. The van der Waals surface area contributed by atoms with E-state index in [0.29, 0.717) is 19.6 Å². The summed E-state index contributed by atoms with van der Waals surface area (Å²) in [5.41, 5.74) is 0. The zero-order valence-electron chi connectivity index (χ0n) is 13.3. The Labute approximate surface area is 145 Å². The van der Waals surface area contributed by atoms with Gasteiger partial charge in [-0.15, -0.1) is 0 Å². The molecule has 0 spiro atoms. The van der Waals surface area contributed by atoms with Crippen molar-refractivity contribution in [3.05, 3.63) is 30.6 Å². The topological polar surface area (TPSA) is 116 Å². The van der Waals surface area contributed by atoms with Gasteiger partial charge in [-0.05, 0) is 6.42 Å². The molecule has 0 saturated carbocycles. The van der Waals surface area contributed by atoms with Crippen molar-refractivity contribution in [3.8, 4) is 0 Å². The van der Waals surface area contributed by atoms with Gasteiger partial charge in [0.2, 0.25) is 0 Å². The summed E-state index contributed by atoms with van der Waals surface area (Å²) in [5, 5.41) is 0.115. The molecule has 0 aliphatic carbocycles. The number of ether oxygens (including phenoxy) is 1. The molecule has 3 atom stereocenters. The summed E-state index contributed by atoms with van der Waals surface area (Å²) in [7, 11) is -4.10. The van der Waals surface area contributed by atoms with E-state index in [1.165, 1.54) is 18.7 Å². The summed E-state index contributed by atoms with van der Waals surface area (Å²) in [6.45, 7) is 2.44. The Morgan fingerprint density at radius 2 is 2.08 bits per heavy atom. The molecule has 2 N–H and O–H groups in total. The Balaban J connectivity index is 0.00000288. The van der Waals surface area contributed by atoms with Crippen molar-refractivity contribution in [1.29, 1.82) is 0 Å². The van der Waals surface area contributed by atoms with Gasteiger partial charge in [-0.3, -0.25) is 13.8 Å². The number of hydrogen-bond donors (Lipinski definition) is 1. The molecule has 1 aromatic rings. The monoisotopic (exact) mass is 379 g/mol. The molecular formula is C14H22NO7PS. The van der Waals surface area contributed by atoms with Crippen LogP contribution in [0.4, 0.5) is 0 Å². The lowest BCUT2D eigenvalue weighted by Gasteiger charge is -2.14. The van der Waals surface area contributed by atoms with E-state index < -0.39 is 7.82 Å². The van der Waals surface area contributed by atoms with Crippen molar-refractivity contribution in [1.82, 2.24) is 0 Å². The molecule has 0 bridgehead atoms. The summed E-state index contributed by atoms with van der Waals surface area (Å²) >= 11 is 1.23. The van der Waals surface area contributed by atoms with Crippen LogP contribution in [0.2, 0.25) is 0 Å². The summed E-state index contributed by atoms with van der Waals surface area (Å²) in [4.78, 5) is 20.7. The highest BCUT2D eigenvalue weighted by molar-refractivity contribution is 8.14. The van der Waals surface area contributed by atoms with Gasteiger partial charge < -0.3 is 15.1 Å². The van der Waals surface area contributed by atoms with Gasteiger partial charge in [0.25, 0.3) is 0 Å². The number of pyridine rings is 1. The van der Waals surface area contributed by atoms with E-state index in [1.54, 1.807) is 0 Å². The first-order chi connectivity index (χ1) is 10.9. The molecule has 1 aliphatic heterocycles. The summed E-state index contributed by atoms with van der Waals surface area (Å²) in [6, 6.07) is 5.61. The number of phosphoric acid groups is 1. The molecule has 10 heteroatoms. The summed E-state index contributed by atoms with van der Waals surface area (Å²) in [5.74, 6) is 0. The smallest absolute Gasteiger partial charge is 0.472 e. The van der Waals surface area contributed by atoms with Gasteiger partial charge in [-0.2, -0.15) is 0 Å². The number of carbonyl (C=O) groups excluding carboxylic acids is 1. The van der Waals surface area contributed by atoms with Crippen LogP contribution in [0.3, 0.4) is 0 Å². The van der Waals surface area contributed by atoms with E-state index in [2.05, 4.69) is 0 Å². The highest BCUT2D eigenvalue weighted by Gasteiger charge is 2.30. The summed E-state index contributed by atoms with van der Waals surface area (Å²) in [6.07, 6.45) is 4.00. The van der Waals surface area contributed by atoms with E-state index in [4.69, 9.17) is 13.8 Å². The van der Waals surface area contributed by atoms with E-state index in [1.807, 2.05) is 35.2 Å². The average molecular weight is 379 g/mol. The number of carbonyl (C=O) groups is 1. The molecule has 1 aliphatic rings. The second-order valence-corrected chi connectivity index (χ2v) is 8.06. The molecule has 0 aromatic carbocycles.